The van der Waals surface area contributed by atoms with E-state index >= 15 is 0 Å². The average molecular weight is 334 g/mol. The Kier molecular flexibility index (Phi) is 6.75. The lowest BCUT2D eigenvalue weighted by Crippen LogP contribution is -2.37. The predicted molar refractivity (Wildman–Crippen MR) is 90.7 cm³/mol. The Balaban J connectivity index is 1.82. The molecule has 0 aromatic heterocycles. The number of carbonyl (C=O) groups excluding carboxylic acids is 2. The molecule has 0 bridgehead atoms. The molecule has 0 aliphatic carbocycles. The van der Waals surface area contributed by atoms with Gasteiger partial charge < -0.3 is 19.7 Å². The molecule has 0 saturated carbocycles. The van der Waals surface area contributed by atoms with Crippen LogP contribution in [0, 0.1) is 0 Å². The molecule has 1 heterocycles. The highest BCUT2D eigenvalue weighted by Crippen LogP contribution is 2.14. The van der Waals surface area contributed by atoms with E-state index in [1.54, 1.807) is 38.1 Å². The van der Waals surface area contributed by atoms with Crippen molar-refractivity contribution in [2.45, 2.75) is 38.5 Å². The molecule has 2 rings (SSSR count). The van der Waals surface area contributed by atoms with Crippen molar-refractivity contribution in [2.75, 3.05) is 27.3 Å². The summed E-state index contributed by atoms with van der Waals surface area (Å²) < 4.78 is 11.1. The van der Waals surface area contributed by atoms with Crippen molar-refractivity contribution in [3.63, 3.8) is 0 Å². The molecule has 0 spiro atoms. The fourth-order valence-electron chi connectivity index (χ4n) is 2.67. The van der Waals surface area contributed by atoms with Gasteiger partial charge in [0.15, 0.2) is 0 Å². The number of likely N-dealkylation sites (N-methyl/N-ethyl adjacent to an activating group) is 1. The molecule has 1 N–H and O–H groups in total. The molecular formula is C18H26N2O4. The third-order valence-corrected chi connectivity index (χ3v) is 4.14. The molecule has 1 aliphatic heterocycles. The Morgan fingerprint density at radius 1 is 1.38 bits per heavy atom. The average Bonchev–Trinajstić information content (AvgIpc) is 3.12. The van der Waals surface area contributed by atoms with Gasteiger partial charge in [-0.05, 0) is 37.5 Å². The maximum Gasteiger partial charge on any atom is 0.251 e. The summed E-state index contributed by atoms with van der Waals surface area (Å²) >= 11 is 0. The number of carbonyl (C=O) groups is 2. The lowest BCUT2D eigenvalue weighted by Gasteiger charge is -2.22. The van der Waals surface area contributed by atoms with E-state index in [9.17, 15) is 9.59 Å². The van der Waals surface area contributed by atoms with Gasteiger partial charge in [0.2, 0.25) is 0 Å². The van der Waals surface area contributed by atoms with Crippen molar-refractivity contribution >= 4 is 11.8 Å². The second-order valence-corrected chi connectivity index (χ2v) is 6.08. The molecule has 0 radical (unpaired) electrons. The van der Waals surface area contributed by atoms with Crippen molar-refractivity contribution in [1.82, 2.24) is 10.2 Å². The number of benzene rings is 1. The van der Waals surface area contributed by atoms with E-state index in [-0.39, 0.29) is 17.9 Å². The number of rotatable bonds is 7. The van der Waals surface area contributed by atoms with Gasteiger partial charge in [-0.3, -0.25) is 9.59 Å². The molecule has 1 fully saturated rings. The Hall–Kier alpha value is -1.92. The molecule has 1 aliphatic rings. The van der Waals surface area contributed by atoms with Gasteiger partial charge >= 0.3 is 0 Å². The molecule has 6 heteroatoms. The monoisotopic (exact) mass is 334 g/mol. The number of nitrogens with zero attached hydrogens (tertiary/aromatic N) is 1. The minimum absolute atomic E-state index is 0.0663. The van der Waals surface area contributed by atoms with E-state index in [0.29, 0.717) is 18.7 Å². The van der Waals surface area contributed by atoms with Gasteiger partial charge in [-0.2, -0.15) is 0 Å². The number of hydrogen-bond donors (Lipinski definition) is 1. The van der Waals surface area contributed by atoms with Crippen molar-refractivity contribution in [3.05, 3.63) is 35.4 Å². The first-order chi connectivity index (χ1) is 11.5. The van der Waals surface area contributed by atoms with Crippen LogP contribution in [0.15, 0.2) is 24.3 Å². The summed E-state index contributed by atoms with van der Waals surface area (Å²) in [5.74, 6) is -0.189. The van der Waals surface area contributed by atoms with Gasteiger partial charge in [-0.25, -0.2) is 0 Å². The maximum absolute atomic E-state index is 12.4. The van der Waals surface area contributed by atoms with Gasteiger partial charge in [0.1, 0.15) is 6.10 Å². The van der Waals surface area contributed by atoms with Crippen LogP contribution in [-0.4, -0.2) is 56.2 Å². The van der Waals surface area contributed by atoms with E-state index in [1.807, 2.05) is 12.1 Å². The van der Waals surface area contributed by atoms with Crippen LogP contribution in [0.5, 0.6) is 0 Å². The van der Waals surface area contributed by atoms with Crippen molar-refractivity contribution in [3.8, 4) is 0 Å². The highest BCUT2D eigenvalue weighted by atomic mass is 16.5. The summed E-state index contributed by atoms with van der Waals surface area (Å²) in [6, 6.07) is 7.21. The minimum atomic E-state index is -0.496. The first-order valence-electron chi connectivity index (χ1n) is 8.30. The fraction of sp³-hybridized carbons (Fsp3) is 0.556. The van der Waals surface area contributed by atoms with Gasteiger partial charge in [-0.1, -0.05) is 12.1 Å². The smallest absolute Gasteiger partial charge is 0.251 e. The van der Waals surface area contributed by atoms with Crippen molar-refractivity contribution < 1.29 is 19.1 Å². The number of nitrogens with one attached hydrogen (secondary N) is 1. The topological polar surface area (TPSA) is 67.9 Å². The maximum atomic E-state index is 12.4. The van der Waals surface area contributed by atoms with E-state index in [2.05, 4.69) is 5.32 Å². The zero-order chi connectivity index (χ0) is 17.5. The van der Waals surface area contributed by atoms with E-state index < -0.39 is 6.10 Å². The molecule has 2 atom stereocenters. The Morgan fingerprint density at radius 2 is 2.08 bits per heavy atom. The first-order valence-corrected chi connectivity index (χ1v) is 8.30. The lowest BCUT2D eigenvalue weighted by atomic mass is 10.1. The van der Waals surface area contributed by atoms with E-state index in [1.165, 1.54) is 0 Å². The predicted octanol–water partition coefficient (Wildman–Crippen LogP) is 1.59. The van der Waals surface area contributed by atoms with Crippen LogP contribution < -0.4 is 5.32 Å². The standard InChI is InChI=1S/C18H26N2O4/c1-13(24-12-16-5-4-10-23-16)18(22)20(3)11-14-6-8-15(9-7-14)17(21)19-2/h6-9,13,16H,4-5,10-12H2,1-3H3,(H,19,21). The fourth-order valence-corrected chi connectivity index (χ4v) is 2.67. The summed E-state index contributed by atoms with van der Waals surface area (Å²) in [4.78, 5) is 25.5. The van der Waals surface area contributed by atoms with E-state index in [0.717, 1.165) is 25.0 Å². The summed E-state index contributed by atoms with van der Waals surface area (Å²) in [6.07, 6.45) is 1.67. The van der Waals surface area contributed by atoms with Gasteiger partial charge in [0, 0.05) is 32.8 Å². The molecule has 132 valence electrons. The van der Waals surface area contributed by atoms with Crippen LogP contribution in [0.2, 0.25) is 0 Å². The zero-order valence-electron chi connectivity index (χ0n) is 14.6. The molecule has 6 nitrogen and oxygen atoms in total. The molecule has 1 saturated heterocycles. The summed E-state index contributed by atoms with van der Waals surface area (Å²) in [6.45, 7) is 3.48. The second-order valence-electron chi connectivity index (χ2n) is 6.08. The summed E-state index contributed by atoms with van der Waals surface area (Å²) in [5, 5.41) is 2.58. The molecule has 2 unspecified atom stereocenters. The number of ether oxygens (including phenoxy) is 2. The van der Waals surface area contributed by atoms with Crippen LogP contribution in [0.4, 0.5) is 0 Å². The number of hydrogen-bond acceptors (Lipinski definition) is 4. The second kappa shape index (κ2) is 8.80. The summed E-state index contributed by atoms with van der Waals surface area (Å²) in [5.41, 5.74) is 1.56. The molecular weight excluding hydrogens is 308 g/mol. The van der Waals surface area contributed by atoms with Crippen LogP contribution in [-0.2, 0) is 20.8 Å². The van der Waals surface area contributed by atoms with Gasteiger partial charge in [0.05, 0.1) is 12.7 Å². The van der Waals surface area contributed by atoms with Crippen molar-refractivity contribution in [1.29, 1.82) is 0 Å². The molecule has 2 amide bonds. The van der Waals surface area contributed by atoms with Crippen LogP contribution in [0.3, 0.4) is 0 Å². The Bertz CT molecular complexity index is 553. The first kappa shape index (κ1) is 18.4. The largest absolute Gasteiger partial charge is 0.376 e. The quantitative estimate of drug-likeness (QED) is 0.822. The Morgan fingerprint density at radius 3 is 2.67 bits per heavy atom. The lowest BCUT2D eigenvalue weighted by molar-refractivity contribution is -0.143. The van der Waals surface area contributed by atoms with Crippen LogP contribution in [0.25, 0.3) is 0 Å². The van der Waals surface area contributed by atoms with E-state index in [4.69, 9.17) is 9.47 Å². The summed E-state index contributed by atoms with van der Waals surface area (Å²) in [7, 11) is 3.35. The molecule has 1 aromatic rings. The SMILES string of the molecule is CNC(=O)c1ccc(CN(C)C(=O)C(C)OCC2CCCO2)cc1. The third-order valence-electron chi connectivity index (χ3n) is 4.14. The molecule has 1 aromatic carbocycles. The van der Waals surface area contributed by atoms with Crippen LogP contribution in [0.1, 0.15) is 35.7 Å². The van der Waals surface area contributed by atoms with Crippen LogP contribution >= 0.6 is 0 Å². The third kappa shape index (κ3) is 5.04. The minimum Gasteiger partial charge on any atom is -0.376 e. The van der Waals surface area contributed by atoms with Crippen molar-refractivity contribution in [2.24, 2.45) is 0 Å². The normalized spacial score (nSPS) is 18.2. The van der Waals surface area contributed by atoms with Gasteiger partial charge in [0.25, 0.3) is 11.8 Å². The molecule has 24 heavy (non-hydrogen) atoms. The zero-order valence-corrected chi connectivity index (χ0v) is 14.6. The highest BCUT2D eigenvalue weighted by Gasteiger charge is 2.22. The number of amides is 2. The Labute approximate surface area is 143 Å². The van der Waals surface area contributed by atoms with Gasteiger partial charge in [-0.15, -0.1) is 0 Å². The highest BCUT2D eigenvalue weighted by molar-refractivity contribution is 5.93.